The van der Waals surface area contributed by atoms with Crippen molar-refractivity contribution in [2.75, 3.05) is 11.9 Å². The summed E-state index contributed by atoms with van der Waals surface area (Å²) in [7, 11) is 0. The number of anilines is 1. The van der Waals surface area contributed by atoms with Gasteiger partial charge in [-0.1, -0.05) is 19.1 Å². The number of carbonyl (C=O) groups excluding carboxylic acids is 2. The number of aromatic nitrogens is 2. The average molecular weight is 480 g/mol. The van der Waals surface area contributed by atoms with E-state index in [2.05, 4.69) is 20.5 Å². The summed E-state index contributed by atoms with van der Waals surface area (Å²) < 4.78 is 49.9. The molecule has 3 heterocycles. The highest BCUT2D eigenvalue weighted by Gasteiger charge is 2.37. The largest absolute Gasteiger partial charge is 0.573 e. The molecule has 5 atom stereocenters. The fourth-order valence-corrected chi connectivity index (χ4v) is 4.64. The van der Waals surface area contributed by atoms with Crippen LogP contribution in [0.25, 0.3) is 11.3 Å². The zero-order chi connectivity index (χ0) is 24.6. The molecule has 2 N–H and O–H groups in total. The Labute approximate surface area is 194 Å². The molecule has 0 aliphatic carbocycles. The summed E-state index contributed by atoms with van der Waals surface area (Å²) in [5, 5.41) is 10.0. The molecule has 2 saturated heterocycles. The van der Waals surface area contributed by atoms with Crippen LogP contribution in [0.2, 0.25) is 0 Å². The Morgan fingerprint density at radius 2 is 1.91 bits per heavy atom. The lowest BCUT2D eigenvalue weighted by molar-refractivity contribution is -0.274. The van der Waals surface area contributed by atoms with E-state index in [-0.39, 0.29) is 48.2 Å². The van der Waals surface area contributed by atoms with Crippen LogP contribution in [0.5, 0.6) is 5.75 Å². The molecule has 1 aromatic carbocycles. The maximum Gasteiger partial charge on any atom is 0.573 e. The number of halogens is 3. The van der Waals surface area contributed by atoms with Crippen LogP contribution < -0.4 is 15.4 Å². The minimum atomic E-state index is -4.81. The molecule has 2 aromatic rings. The van der Waals surface area contributed by atoms with Crippen LogP contribution in [0.15, 0.2) is 30.3 Å². The molecule has 184 valence electrons. The Hall–Kier alpha value is -3.08. The fraction of sp³-hybridized carbons (Fsp3) is 0.522. The van der Waals surface area contributed by atoms with E-state index < -0.39 is 18.2 Å². The molecule has 0 saturated carbocycles. The number of carbonyl (C=O) groups is 2. The number of alkyl halides is 3. The zero-order valence-corrected chi connectivity index (χ0v) is 19.1. The van der Waals surface area contributed by atoms with Gasteiger partial charge in [0.2, 0.25) is 11.8 Å². The second-order valence-corrected chi connectivity index (χ2v) is 8.95. The van der Waals surface area contributed by atoms with Crippen LogP contribution in [-0.4, -0.2) is 46.7 Å². The lowest BCUT2D eigenvalue weighted by Crippen LogP contribution is -2.32. The summed E-state index contributed by atoms with van der Waals surface area (Å²) in [5.41, 5.74) is 1.01. The fourth-order valence-electron chi connectivity index (χ4n) is 4.64. The van der Waals surface area contributed by atoms with Gasteiger partial charge in [0, 0.05) is 24.1 Å². The van der Waals surface area contributed by atoms with Gasteiger partial charge in [-0.25, -0.2) is 0 Å². The molecule has 0 spiro atoms. The Morgan fingerprint density at radius 1 is 1.21 bits per heavy atom. The SMILES string of the molecule is C[C@@H]1CC(n2nc(NC(=O)[C@H]3CNC(=O)[C@@H]3C)cc2-c2cccc(OC(F)(F)F)c2)C[C@H](C)O1. The molecule has 34 heavy (non-hydrogen) atoms. The standard InChI is InChI=1S/C23H27F3N4O4/c1-12-7-16(8-13(2)33-12)30-19(15-5-4-6-17(9-15)34-23(24,25)26)10-20(29-30)28-22(32)18-11-27-21(31)14(18)3/h4-6,9-10,12-14,16,18H,7-8,11H2,1-3H3,(H,27,31)(H,28,29,32)/t12-,13+,14-,16?,18+/m1/s1. The molecule has 11 heteroatoms. The van der Waals surface area contributed by atoms with Gasteiger partial charge in [-0.2, -0.15) is 5.10 Å². The minimum Gasteiger partial charge on any atom is -0.406 e. The van der Waals surface area contributed by atoms with Crippen LogP contribution in [0.1, 0.15) is 39.7 Å². The van der Waals surface area contributed by atoms with Gasteiger partial charge in [0.15, 0.2) is 5.82 Å². The van der Waals surface area contributed by atoms with Gasteiger partial charge in [0.05, 0.1) is 29.9 Å². The van der Waals surface area contributed by atoms with Crippen molar-refractivity contribution < 1.29 is 32.2 Å². The minimum absolute atomic E-state index is 0.0276. The lowest BCUT2D eigenvalue weighted by atomic mass is 9.97. The van der Waals surface area contributed by atoms with E-state index in [1.165, 1.54) is 18.2 Å². The molecule has 2 aliphatic rings. The zero-order valence-electron chi connectivity index (χ0n) is 19.1. The molecule has 0 radical (unpaired) electrons. The number of rotatable bonds is 5. The van der Waals surface area contributed by atoms with E-state index >= 15 is 0 Å². The monoisotopic (exact) mass is 480 g/mol. The predicted molar refractivity (Wildman–Crippen MR) is 117 cm³/mol. The molecule has 2 aliphatic heterocycles. The highest BCUT2D eigenvalue weighted by atomic mass is 19.4. The summed E-state index contributed by atoms with van der Waals surface area (Å²) in [6.45, 7) is 5.84. The summed E-state index contributed by atoms with van der Waals surface area (Å²) in [4.78, 5) is 24.6. The number of amides is 2. The van der Waals surface area contributed by atoms with Crippen LogP contribution in [0, 0.1) is 11.8 Å². The van der Waals surface area contributed by atoms with Crippen molar-refractivity contribution in [2.24, 2.45) is 11.8 Å². The Balaban J connectivity index is 1.67. The first-order valence-corrected chi connectivity index (χ1v) is 11.2. The van der Waals surface area contributed by atoms with Crippen molar-refractivity contribution in [1.29, 1.82) is 0 Å². The molecule has 1 unspecified atom stereocenters. The molecular formula is C23H27F3N4O4. The van der Waals surface area contributed by atoms with E-state index in [1.54, 1.807) is 23.7 Å². The number of ether oxygens (including phenoxy) is 2. The first-order chi connectivity index (χ1) is 16.0. The average Bonchev–Trinajstić information content (AvgIpc) is 3.30. The van der Waals surface area contributed by atoms with E-state index in [1.807, 2.05) is 13.8 Å². The van der Waals surface area contributed by atoms with Crippen molar-refractivity contribution in [3.63, 3.8) is 0 Å². The predicted octanol–water partition coefficient (Wildman–Crippen LogP) is 3.90. The van der Waals surface area contributed by atoms with E-state index in [0.29, 0.717) is 24.1 Å². The number of hydrogen-bond donors (Lipinski definition) is 2. The molecule has 1 aromatic heterocycles. The second kappa shape index (κ2) is 9.28. The van der Waals surface area contributed by atoms with Gasteiger partial charge in [-0.05, 0) is 38.8 Å². The number of nitrogens with one attached hydrogen (secondary N) is 2. The Morgan fingerprint density at radius 3 is 2.53 bits per heavy atom. The van der Waals surface area contributed by atoms with E-state index in [0.717, 1.165) is 0 Å². The van der Waals surface area contributed by atoms with Gasteiger partial charge >= 0.3 is 6.36 Å². The van der Waals surface area contributed by atoms with Gasteiger partial charge < -0.3 is 20.1 Å². The third kappa shape index (κ3) is 5.35. The highest BCUT2D eigenvalue weighted by Crippen LogP contribution is 2.36. The highest BCUT2D eigenvalue weighted by molar-refractivity contribution is 5.97. The summed E-state index contributed by atoms with van der Waals surface area (Å²) in [6, 6.07) is 7.20. The summed E-state index contributed by atoms with van der Waals surface area (Å²) in [6.07, 6.45) is -3.56. The van der Waals surface area contributed by atoms with E-state index in [9.17, 15) is 22.8 Å². The van der Waals surface area contributed by atoms with Gasteiger partial charge in [-0.15, -0.1) is 13.2 Å². The van der Waals surface area contributed by atoms with Crippen LogP contribution in [-0.2, 0) is 14.3 Å². The number of hydrogen-bond acceptors (Lipinski definition) is 5. The van der Waals surface area contributed by atoms with Crippen molar-refractivity contribution >= 4 is 17.6 Å². The topological polar surface area (TPSA) is 94.5 Å². The number of benzene rings is 1. The van der Waals surface area contributed by atoms with E-state index in [4.69, 9.17) is 4.74 Å². The molecule has 2 amide bonds. The molecule has 2 fully saturated rings. The first kappa shape index (κ1) is 24.1. The van der Waals surface area contributed by atoms with Crippen LogP contribution >= 0.6 is 0 Å². The molecular weight excluding hydrogens is 453 g/mol. The summed E-state index contributed by atoms with van der Waals surface area (Å²) >= 11 is 0. The summed E-state index contributed by atoms with van der Waals surface area (Å²) in [5.74, 6) is -1.60. The Kier molecular flexibility index (Phi) is 6.57. The normalized spacial score (nSPS) is 27.4. The second-order valence-electron chi connectivity index (χ2n) is 8.95. The van der Waals surface area contributed by atoms with Gasteiger partial charge in [-0.3, -0.25) is 14.3 Å². The van der Waals surface area contributed by atoms with Gasteiger partial charge in [0.1, 0.15) is 5.75 Å². The maximum absolute atomic E-state index is 12.8. The third-order valence-electron chi connectivity index (χ3n) is 6.22. The van der Waals surface area contributed by atoms with Crippen molar-refractivity contribution in [1.82, 2.24) is 15.1 Å². The van der Waals surface area contributed by atoms with Crippen LogP contribution in [0.4, 0.5) is 19.0 Å². The molecule has 0 bridgehead atoms. The molecule has 8 nitrogen and oxygen atoms in total. The smallest absolute Gasteiger partial charge is 0.406 e. The van der Waals surface area contributed by atoms with Crippen molar-refractivity contribution in [3.05, 3.63) is 30.3 Å². The molecule has 4 rings (SSSR count). The van der Waals surface area contributed by atoms with Crippen molar-refractivity contribution in [3.8, 4) is 17.0 Å². The van der Waals surface area contributed by atoms with Gasteiger partial charge in [0.25, 0.3) is 0 Å². The first-order valence-electron chi connectivity index (χ1n) is 11.2. The Bertz CT molecular complexity index is 1060. The van der Waals surface area contributed by atoms with Crippen LogP contribution in [0.3, 0.4) is 0 Å². The van der Waals surface area contributed by atoms with Crippen molar-refractivity contribution in [2.45, 2.75) is 58.2 Å². The lowest BCUT2D eigenvalue weighted by Gasteiger charge is -2.33. The number of nitrogens with zero attached hydrogens (tertiary/aromatic N) is 2. The third-order valence-corrected chi connectivity index (χ3v) is 6.22. The maximum atomic E-state index is 12.8. The quantitative estimate of drug-likeness (QED) is 0.677.